The summed E-state index contributed by atoms with van der Waals surface area (Å²) in [5.74, 6) is 0.886. The standard InChI is InChI=1S/C18H24N4O/c1-13(15-7-5-8-16(11-15)20-14(2)23)19-12-17-9-6-10-18(21-17)22(3)4/h5-11,13,19H,12H2,1-4H3,(H,20,23)/t13-/m1/s1. The molecule has 0 saturated heterocycles. The molecule has 122 valence electrons. The van der Waals surface area contributed by atoms with Crippen LogP contribution in [0.2, 0.25) is 0 Å². The highest BCUT2D eigenvalue weighted by atomic mass is 16.1. The topological polar surface area (TPSA) is 57.3 Å². The Morgan fingerprint density at radius 3 is 2.65 bits per heavy atom. The molecule has 1 amide bonds. The van der Waals surface area contributed by atoms with E-state index in [1.54, 1.807) is 0 Å². The quantitative estimate of drug-likeness (QED) is 0.861. The number of benzene rings is 1. The van der Waals surface area contributed by atoms with Crippen molar-refractivity contribution in [3.8, 4) is 0 Å². The van der Waals surface area contributed by atoms with Crippen LogP contribution in [0.4, 0.5) is 11.5 Å². The first-order chi connectivity index (χ1) is 11.0. The number of hydrogen-bond acceptors (Lipinski definition) is 4. The fourth-order valence-electron chi connectivity index (χ4n) is 2.28. The number of nitrogens with zero attached hydrogens (tertiary/aromatic N) is 2. The number of aromatic nitrogens is 1. The number of hydrogen-bond donors (Lipinski definition) is 2. The van der Waals surface area contributed by atoms with Gasteiger partial charge >= 0.3 is 0 Å². The van der Waals surface area contributed by atoms with E-state index in [1.807, 2.05) is 61.5 Å². The van der Waals surface area contributed by atoms with Crippen LogP contribution in [0.5, 0.6) is 0 Å². The summed E-state index contributed by atoms with van der Waals surface area (Å²) in [7, 11) is 3.96. The molecule has 0 aliphatic heterocycles. The van der Waals surface area contributed by atoms with Gasteiger partial charge in [0, 0.05) is 39.3 Å². The van der Waals surface area contributed by atoms with Crippen LogP contribution in [-0.2, 0) is 11.3 Å². The molecule has 0 fully saturated rings. The number of anilines is 2. The lowest BCUT2D eigenvalue weighted by molar-refractivity contribution is -0.114. The first kappa shape index (κ1) is 17.0. The van der Waals surface area contributed by atoms with Crippen LogP contribution in [0, 0.1) is 0 Å². The molecule has 5 nitrogen and oxygen atoms in total. The van der Waals surface area contributed by atoms with Gasteiger partial charge in [-0.05, 0) is 36.8 Å². The Morgan fingerprint density at radius 1 is 1.22 bits per heavy atom. The summed E-state index contributed by atoms with van der Waals surface area (Å²) < 4.78 is 0. The van der Waals surface area contributed by atoms with Crippen LogP contribution in [0.25, 0.3) is 0 Å². The van der Waals surface area contributed by atoms with Crippen molar-refractivity contribution in [2.75, 3.05) is 24.3 Å². The van der Waals surface area contributed by atoms with Crippen LogP contribution < -0.4 is 15.5 Å². The molecular formula is C18H24N4O. The highest BCUT2D eigenvalue weighted by Crippen LogP contribution is 2.18. The number of nitrogens with one attached hydrogen (secondary N) is 2. The van der Waals surface area contributed by atoms with E-state index in [0.29, 0.717) is 6.54 Å². The molecule has 0 saturated carbocycles. The fourth-order valence-corrected chi connectivity index (χ4v) is 2.28. The van der Waals surface area contributed by atoms with Gasteiger partial charge in [-0.25, -0.2) is 4.98 Å². The summed E-state index contributed by atoms with van der Waals surface area (Å²) in [6.07, 6.45) is 0. The number of amides is 1. The van der Waals surface area contributed by atoms with Crippen LogP contribution in [-0.4, -0.2) is 25.0 Å². The molecule has 23 heavy (non-hydrogen) atoms. The van der Waals surface area contributed by atoms with E-state index in [4.69, 9.17) is 0 Å². The third-order valence-electron chi connectivity index (χ3n) is 3.55. The van der Waals surface area contributed by atoms with Crippen molar-refractivity contribution >= 4 is 17.4 Å². The molecule has 2 rings (SSSR count). The summed E-state index contributed by atoms with van der Waals surface area (Å²) in [4.78, 5) is 17.7. The molecule has 1 atom stereocenters. The number of rotatable bonds is 6. The monoisotopic (exact) mass is 312 g/mol. The third kappa shape index (κ3) is 5.07. The van der Waals surface area contributed by atoms with Crippen molar-refractivity contribution in [3.05, 3.63) is 53.7 Å². The van der Waals surface area contributed by atoms with Crippen LogP contribution in [0.3, 0.4) is 0 Å². The van der Waals surface area contributed by atoms with Gasteiger partial charge in [0.1, 0.15) is 5.82 Å². The molecule has 2 N–H and O–H groups in total. The van der Waals surface area contributed by atoms with Gasteiger partial charge in [-0.1, -0.05) is 18.2 Å². The summed E-state index contributed by atoms with van der Waals surface area (Å²) in [6.45, 7) is 4.30. The number of pyridine rings is 1. The summed E-state index contributed by atoms with van der Waals surface area (Å²) >= 11 is 0. The molecule has 5 heteroatoms. The molecule has 1 aromatic carbocycles. The Bertz CT molecular complexity index is 670. The van der Waals surface area contributed by atoms with E-state index in [0.717, 1.165) is 22.8 Å². The smallest absolute Gasteiger partial charge is 0.221 e. The van der Waals surface area contributed by atoms with E-state index >= 15 is 0 Å². The third-order valence-corrected chi connectivity index (χ3v) is 3.55. The maximum absolute atomic E-state index is 11.2. The average Bonchev–Trinajstić information content (AvgIpc) is 2.52. The minimum atomic E-state index is -0.0625. The predicted molar refractivity (Wildman–Crippen MR) is 94.6 cm³/mol. The van der Waals surface area contributed by atoms with Crippen molar-refractivity contribution in [1.29, 1.82) is 0 Å². The van der Waals surface area contributed by atoms with Crippen molar-refractivity contribution < 1.29 is 4.79 Å². The maximum Gasteiger partial charge on any atom is 0.221 e. The van der Waals surface area contributed by atoms with E-state index in [-0.39, 0.29) is 11.9 Å². The van der Waals surface area contributed by atoms with Crippen LogP contribution in [0.15, 0.2) is 42.5 Å². The van der Waals surface area contributed by atoms with Gasteiger partial charge in [0.25, 0.3) is 0 Å². The molecule has 0 aliphatic rings. The van der Waals surface area contributed by atoms with Crippen molar-refractivity contribution in [2.45, 2.75) is 26.4 Å². The van der Waals surface area contributed by atoms with Gasteiger partial charge in [-0.15, -0.1) is 0 Å². The Balaban J connectivity index is 2.00. The van der Waals surface area contributed by atoms with Crippen molar-refractivity contribution in [3.63, 3.8) is 0 Å². The highest BCUT2D eigenvalue weighted by molar-refractivity contribution is 5.88. The minimum absolute atomic E-state index is 0.0625. The van der Waals surface area contributed by atoms with Gasteiger partial charge in [0.05, 0.1) is 5.69 Å². The van der Waals surface area contributed by atoms with E-state index in [2.05, 4.69) is 22.5 Å². The Labute approximate surface area is 137 Å². The maximum atomic E-state index is 11.2. The summed E-state index contributed by atoms with van der Waals surface area (Å²) in [6, 6.07) is 14.1. The molecule has 1 aromatic heterocycles. The summed E-state index contributed by atoms with van der Waals surface area (Å²) in [5, 5.41) is 6.28. The second-order valence-corrected chi connectivity index (χ2v) is 5.79. The molecule has 0 aliphatic carbocycles. The molecule has 1 heterocycles. The highest BCUT2D eigenvalue weighted by Gasteiger charge is 2.07. The number of carbonyl (C=O) groups excluding carboxylic acids is 1. The average molecular weight is 312 g/mol. The van der Waals surface area contributed by atoms with Crippen LogP contribution in [0.1, 0.15) is 31.1 Å². The normalized spacial score (nSPS) is 11.8. The Hall–Kier alpha value is -2.40. The number of carbonyl (C=O) groups is 1. The van der Waals surface area contributed by atoms with Gasteiger partial charge in [-0.3, -0.25) is 4.79 Å². The summed E-state index contributed by atoms with van der Waals surface area (Å²) in [5.41, 5.74) is 2.94. The zero-order valence-corrected chi connectivity index (χ0v) is 14.1. The SMILES string of the molecule is CC(=O)Nc1cccc([C@@H](C)NCc2cccc(N(C)C)n2)c1. The largest absolute Gasteiger partial charge is 0.363 e. The second kappa shape index (κ2) is 7.74. The van der Waals surface area contributed by atoms with Gasteiger partial charge < -0.3 is 15.5 Å². The Morgan fingerprint density at radius 2 is 1.96 bits per heavy atom. The van der Waals surface area contributed by atoms with Gasteiger partial charge in [0.15, 0.2) is 0 Å². The minimum Gasteiger partial charge on any atom is -0.363 e. The molecular weight excluding hydrogens is 288 g/mol. The second-order valence-electron chi connectivity index (χ2n) is 5.79. The zero-order valence-electron chi connectivity index (χ0n) is 14.1. The molecule has 0 bridgehead atoms. The van der Waals surface area contributed by atoms with Crippen LogP contribution >= 0.6 is 0 Å². The lowest BCUT2D eigenvalue weighted by Crippen LogP contribution is -2.20. The molecule has 0 radical (unpaired) electrons. The van der Waals surface area contributed by atoms with Crippen molar-refractivity contribution in [1.82, 2.24) is 10.3 Å². The van der Waals surface area contributed by atoms with E-state index in [1.165, 1.54) is 6.92 Å². The first-order valence-electron chi connectivity index (χ1n) is 7.70. The predicted octanol–water partition coefficient (Wildman–Crippen LogP) is 2.96. The van der Waals surface area contributed by atoms with E-state index in [9.17, 15) is 4.79 Å². The Kier molecular flexibility index (Phi) is 5.71. The van der Waals surface area contributed by atoms with Gasteiger partial charge in [-0.2, -0.15) is 0 Å². The lowest BCUT2D eigenvalue weighted by atomic mass is 10.1. The molecule has 0 unspecified atom stereocenters. The zero-order chi connectivity index (χ0) is 16.8. The fraction of sp³-hybridized carbons (Fsp3) is 0.333. The molecule has 0 spiro atoms. The first-order valence-corrected chi connectivity index (χ1v) is 7.70. The molecule has 2 aromatic rings. The van der Waals surface area contributed by atoms with Gasteiger partial charge in [0.2, 0.25) is 5.91 Å². The van der Waals surface area contributed by atoms with Crippen molar-refractivity contribution in [2.24, 2.45) is 0 Å². The lowest BCUT2D eigenvalue weighted by Gasteiger charge is -2.16. The van der Waals surface area contributed by atoms with E-state index < -0.39 is 0 Å².